The Labute approximate surface area is 109 Å². The number of rotatable bonds is 1. The van der Waals surface area contributed by atoms with Gasteiger partial charge in [0.25, 0.3) is 0 Å². The van der Waals surface area contributed by atoms with E-state index in [1.54, 1.807) is 0 Å². The lowest BCUT2D eigenvalue weighted by Gasteiger charge is -2.53. The van der Waals surface area contributed by atoms with Crippen molar-refractivity contribution in [1.82, 2.24) is 4.90 Å². The molecule has 2 rings (SSSR count). The third-order valence-electron chi connectivity index (χ3n) is 4.49. The van der Waals surface area contributed by atoms with Gasteiger partial charge >= 0.3 is 6.09 Å². The Morgan fingerprint density at radius 3 is 2.33 bits per heavy atom. The smallest absolute Gasteiger partial charge is 0.410 e. The molecule has 0 aromatic carbocycles. The van der Waals surface area contributed by atoms with E-state index in [0.717, 1.165) is 32.4 Å². The number of piperidine rings is 1. The van der Waals surface area contributed by atoms with Gasteiger partial charge in [0.05, 0.1) is 0 Å². The highest BCUT2D eigenvalue weighted by molar-refractivity contribution is 5.68. The van der Waals surface area contributed by atoms with Crippen LogP contribution in [0.1, 0.15) is 46.5 Å². The molecule has 1 saturated carbocycles. The van der Waals surface area contributed by atoms with Crippen molar-refractivity contribution in [1.29, 1.82) is 0 Å². The van der Waals surface area contributed by atoms with Crippen molar-refractivity contribution in [2.75, 3.05) is 19.7 Å². The predicted molar refractivity (Wildman–Crippen MR) is 69.3 cm³/mol. The lowest BCUT2D eigenvalue weighted by molar-refractivity contribution is -0.0619. The van der Waals surface area contributed by atoms with Gasteiger partial charge in [-0.2, -0.15) is 0 Å². The Balaban J connectivity index is 1.85. The molecule has 2 aliphatic rings. The molecular formula is C14H25NO3. The summed E-state index contributed by atoms with van der Waals surface area (Å²) < 4.78 is 5.39. The van der Waals surface area contributed by atoms with E-state index in [-0.39, 0.29) is 6.09 Å². The number of hydrogen-bond acceptors (Lipinski definition) is 3. The number of aliphatic hydroxyl groups excluding tert-OH is 1. The summed E-state index contributed by atoms with van der Waals surface area (Å²) in [6.07, 6.45) is 4.18. The second-order valence-electron chi connectivity index (χ2n) is 6.75. The first kappa shape index (κ1) is 13.7. The minimum Gasteiger partial charge on any atom is -0.444 e. The maximum absolute atomic E-state index is 11.9. The number of hydrogen-bond donors (Lipinski definition) is 1. The molecule has 1 saturated heterocycles. The van der Waals surface area contributed by atoms with Gasteiger partial charge in [0.1, 0.15) is 5.60 Å². The lowest BCUT2D eigenvalue weighted by atomic mass is 9.56. The van der Waals surface area contributed by atoms with Crippen molar-refractivity contribution in [3.05, 3.63) is 0 Å². The van der Waals surface area contributed by atoms with Crippen LogP contribution in [-0.4, -0.2) is 41.4 Å². The van der Waals surface area contributed by atoms with Gasteiger partial charge in [-0.05, 0) is 57.8 Å². The van der Waals surface area contributed by atoms with Crippen LogP contribution in [0.25, 0.3) is 0 Å². The molecule has 1 unspecified atom stereocenters. The summed E-state index contributed by atoms with van der Waals surface area (Å²) in [6.45, 7) is 7.52. The van der Waals surface area contributed by atoms with Gasteiger partial charge in [-0.15, -0.1) is 0 Å². The molecule has 0 aromatic heterocycles. The Morgan fingerprint density at radius 2 is 1.94 bits per heavy atom. The predicted octanol–water partition coefficient (Wildman–Crippen LogP) is 2.41. The standard InChI is InChI=1S/C14H25NO3/c1-13(2,3)18-12(17)15-8-6-14(7-9-15)5-4-11(14)10-16/h11,16H,4-10H2,1-3H3. The van der Waals surface area contributed by atoms with Crippen LogP contribution in [-0.2, 0) is 4.74 Å². The van der Waals surface area contributed by atoms with E-state index in [1.165, 1.54) is 6.42 Å². The number of aliphatic hydroxyl groups is 1. The second kappa shape index (κ2) is 4.72. The average molecular weight is 255 g/mol. The van der Waals surface area contributed by atoms with Gasteiger partial charge < -0.3 is 14.7 Å². The van der Waals surface area contributed by atoms with Gasteiger partial charge in [0.2, 0.25) is 0 Å². The SMILES string of the molecule is CC(C)(C)OC(=O)N1CCC2(CCC2CO)CC1. The lowest BCUT2D eigenvalue weighted by Crippen LogP contribution is -2.52. The van der Waals surface area contributed by atoms with Crippen LogP contribution in [0.3, 0.4) is 0 Å². The summed E-state index contributed by atoms with van der Waals surface area (Å²) in [7, 11) is 0. The third-order valence-corrected chi connectivity index (χ3v) is 4.49. The highest BCUT2D eigenvalue weighted by atomic mass is 16.6. The normalized spacial score (nSPS) is 26.9. The zero-order valence-electron chi connectivity index (χ0n) is 11.7. The first-order valence-electron chi connectivity index (χ1n) is 6.95. The molecule has 2 fully saturated rings. The largest absolute Gasteiger partial charge is 0.444 e. The Morgan fingerprint density at radius 1 is 1.33 bits per heavy atom. The van der Waals surface area contributed by atoms with Crippen LogP contribution in [0, 0.1) is 11.3 Å². The Bertz CT molecular complexity index is 311. The van der Waals surface area contributed by atoms with Gasteiger partial charge in [-0.1, -0.05) is 0 Å². The molecule has 1 atom stereocenters. The maximum atomic E-state index is 11.9. The van der Waals surface area contributed by atoms with Crippen molar-refractivity contribution in [3.8, 4) is 0 Å². The van der Waals surface area contributed by atoms with E-state index in [2.05, 4.69) is 0 Å². The molecule has 4 heteroatoms. The fourth-order valence-corrected chi connectivity index (χ4v) is 3.16. The molecule has 1 aliphatic heterocycles. The van der Waals surface area contributed by atoms with Crippen LogP contribution in [0.5, 0.6) is 0 Å². The number of likely N-dealkylation sites (tertiary alicyclic amines) is 1. The van der Waals surface area contributed by atoms with Crippen molar-refractivity contribution < 1.29 is 14.6 Å². The van der Waals surface area contributed by atoms with Crippen molar-refractivity contribution >= 4 is 6.09 Å². The number of carbonyl (C=O) groups excluding carboxylic acids is 1. The molecule has 1 spiro atoms. The van der Waals surface area contributed by atoms with E-state index in [0.29, 0.717) is 17.9 Å². The van der Waals surface area contributed by atoms with Crippen LogP contribution in [0.15, 0.2) is 0 Å². The third kappa shape index (κ3) is 2.63. The first-order valence-corrected chi connectivity index (χ1v) is 6.95. The molecule has 0 bridgehead atoms. The van der Waals surface area contributed by atoms with Crippen molar-refractivity contribution in [2.45, 2.75) is 52.1 Å². The van der Waals surface area contributed by atoms with Crippen molar-refractivity contribution in [2.24, 2.45) is 11.3 Å². The van der Waals surface area contributed by atoms with Gasteiger partial charge in [-0.3, -0.25) is 0 Å². The first-order chi connectivity index (χ1) is 8.36. The molecule has 0 aromatic rings. The molecule has 1 amide bonds. The zero-order valence-corrected chi connectivity index (χ0v) is 11.7. The average Bonchev–Trinajstić information content (AvgIpc) is 2.26. The minimum absolute atomic E-state index is 0.197. The van der Waals surface area contributed by atoms with E-state index in [4.69, 9.17) is 4.74 Å². The molecule has 18 heavy (non-hydrogen) atoms. The summed E-state index contributed by atoms with van der Waals surface area (Å²) in [6, 6.07) is 0. The molecule has 0 radical (unpaired) electrons. The fraction of sp³-hybridized carbons (Fsp3) is 0.929. The second-order valence-corrected chi connectivity index (χ2v) is 6.75. The van der Waals surface area contributed by atoms with Crippen molar-refractivity contribution in [3.63, 3.8) is 0 Å². The van der Waals surface area contributed by atoms with E-state index < -0.39 is 5.60 Å². The molecule has 4 nitrogen and oxygen atoms in total. The van der Waals surface area contributed by atoms with Gasteiger partial charge in [0, 0.05) is 19.7 Å². The van der Waals surface area contributed by atoms with Crippen LogP contribution < -0.4 is 0 Å². The van der Waals surface area contributed by atoms with E-state index in [1.807, 2.05) is 25.7 Å². The molecule has 1 heterocycles. The molecule has 1 N–H and O–H groups in total. The minimum atomic E-state index is -0.420. The van der Waals surface area contributed by atoms with Gasteiger partial charge in [-0.25, -0.2) is 4.79 Å². The number of carbonyl (C=O) groups is 1. The summed E-state index contributed by atoms with van der Waals surface area (Å²) in [5.74, 6) is 0.457. The van der Waals surface area contributed by atoms with E-state index in [9.17, 15) is 9.90 Å². The topological polar surface area (TPSA) is 49.8 Å². The zero-order chi connectivity index (χ0) is 13.4. The van der Waals surface area contributed by atoms with Crippen LogP contribution in [0.2, 0.25) is 0 Å². The number of ether oxygens (including phenoxy) is 1. The molecule has 1 aliphatic carbocycles. The summed E-state index contributed by atoms with van der Waals surface area (Å²) >= 11 is 0. The van der Waals surface area contributed by atoms with E-state index >= 15 is 0 Å². The summed E-state index contributed by atoms with van der Waals surface area (Å²) in [5, 5.41) is 9.33. The number of nitrogens with zero attached hydrogens (tertiary/aromatic N) is 1. The highest BCUT2D eigenvalue weighted by Crippen LogP contribution is 2.53. The monoisotopic (exact) mass is 255 g/mol. The van der Waals surface area contributed by atoms with Crippen LogP contribution >= 0.6 is 0 Å². The molecular weight excluding hydrogens is 230 g/mol. The number of amides is 1. The van der Waals surface area contributed by atoms with Crippen LogP contribution in [0.4, 0.5) is 4.79 Å². The summed E-state index contributed by atoms with van der Waals surface area (Å²) in [4.78, 5) is 13.7. The maximum Gasteiger partial charge on any atom is 0.410 e. The summed E-state index contributed by atoms with van der Waals surface area (Å²) in [5.41, 5.74) is -0.108. The quantitative estimate of drug-likeness (QED) is 0.782. The molecule has 104 valence electrons. The highest BCUT2D eigenvalue weighted by Gasteiger charge is 2.48. The fourth-order valence-electron chi connectivity index (χ4n) is 3.16. The Hall–Kier alpha value is -0.770. The Kier molecular flexibility index (Phi) is 3.58. The van der Waals surface area contributed by atoms with Gasteiger partial charge in [0.15, 0.2) is 0 Å².